The van der Waals surface area contributed by atoms with E-state index in [9.17, 15) is 9.59 Å². The summed E-state index contributed by atoms with van der Waals surface area (Å²) in [6.45, 7) is 3.41. The Kier molecular flexibility index (Phi) is 4.81. The standard InChI is InChI=1S/C17H18N4O3/c22-16(14-15(17(23)24)19-7-6-18-14)21-10-8-20(9-11-21)12-13-4-2-1-3-5-13/h1-7H,8-12H2,(H,23,24). The van der Waals surface area contributed by atoms with Crippen molar-refractivity contribution in [1.29, 1.82) is 0 Å². The summed E-state index contributed by atoms with van der Waals surface area (Å²) >= 11 is 0. The zero-order valence-corrected chi connectivity index (χ0v) is 13.1. The maximum Gasteiger partial charge on any atom is 0.356 e. The lowest BCUT2D eigenvalue weighted by Crippen LogP contribution is -2.48. The van der Waals surface area contributed by atoms with Gasteiger partial charge in [-0.15, -0.1) is 0 Å². The van der Waals surface area contributed by atoms with Gasteiger partial charge < -0.3 is 10.0 Å². The number of carboxylic acid groups (broad SMARTS) is 1. The Bertz CT molecular complexity index is 728. The number of rotatable bonds is 4. The number of carboxylic acids is 1. The van der Waals surface area contributed by atoms with Gasteiger partial charge in [-0.2, -0.15) is 0 Å². The van der Waals surface area contributed by atoms with Crippen molar-refractivity contribution < 1.29 is 14.7 Å². The van der Waals surface area contributed by atoms with Gasteiger partial charge in [-0.1, -0.05) is 30.3 Å². The predicted octanol–water partition coefficient (Wildman–Crippen LogP) is 1.13. The fourth-order valence-corrected chi connectivity index (χ4v) is 2.75. The average Bonchev–Trinajstić information content (AvgIpc) is 2.62. The normalized spacial score (nSPS) is 15.2. The molecule has 0 spiro atoms. The molecule has 0 bridgehead atoms. The molecule has 1 aliphatic heterocycles. The second kappa shape index (κ2) is 7.18. The molecular formula is C17H18N4O3. The first kappa shape index (κ1) is 16.1. The van der Waals surface area contributed by atoms with Crippen LogP contribution in [0.2, 0.25) is 0 Å². The molecule has 0 unspecified atom stereocenters. The summed E-state index contributed by atoms with van der Waals surface area (Å²) in [5.74, 6) is -1.62. The minimum atomic E-state index is -1.24. The molecule has 1 aliphatic rings. The van der Waals surface area contributed by atoms with Crippen molar-refractivity contribution in [2.75, 3.05) is 26.2 Å². The Morgan fingerprint density at radius 1 is 0.958 bits per heavy atom. The SMILES string of the molecule is O=C(O)c1nccnc1C(=O)N1CCN(Cc2ccccc2)CC1. The van der Waals surface area contributed by atoms with Gasteiger partial charge in [-0.3, -0.25) is 9.69 Å². The highest BCUT2D eigenvalue weighted by atomic mass is 16.4. The smallest absolute Gasteiger partial charge is 0.356 e. The topological polar surface area (TPSA) is 86.6 Å². The third-order valence-electron chi connectivity index (χ3n) is 4.01. The van der Waals surface area contributed by atoms with Crippen LogP contribution in [0.15, 0.2) is 42.7 Å². The van der Waals surface area contributed by atoms with Crippen LogP contribution in [0.4, 0.5) is 0 Å². The number of nitrogens with zero attached hydrogens (tertiary/aromatic N) is 4. The highest BCUT2D eigenvalue weighted by molar-refractivity contribution is 6.02. The van der Waals surface area contributed by atoms with Gasteiger partial charge in [-0.05, 0) is 5.56 Å². The van der Waals surface area contributed by atoms with E-state index in [1.165, 1.54) is 18.0 Å². The molecule has 1 saturated heterocycles. The van der Waals surface area contributed by atoms with E-state index in [-0.39, 0.29) is 17.3 Å². The number of benzene rings is 1. The van der Waals surface area contributed by atoms with E-state index in [0.717, 1.165) is 19.6 Å². The van der Waals surface area contributed by atoms with Gasteiger partial charge in [0.25, 0.3) is 5.91 Å². The van der Waals surface area contributed by atoms with Crippen LogP contribution in [-0.2, 0) is 6.54 Å². The molecule has 1 amide bonds. The molecule has 0 saturated carbocycles. The molecule has 3 rings (SSSR count). The van der Waals surface area contributed by atoms with Gasteiger partial charge in [0.2, 0.25) is 0 Å². The van der Waals surface area contributed by atoms with E-state index < -0.39 is 5.97 Å². The molecule has 7 heteroatoms. The molecule has 0 atom stereocenters. The van der Waals surface area contributed by atoms with Gasteiger partial charge in [0.1, 0.15) is 0 Å². The summed E-state index contributed by atoms with van der Waals surface area (Å²) in [7, 11) is 0. The molecule has 0 aliphatic carbocycles. The minimum absolute atomic E-state index is 0.0958. The van der Waals surface area contributed by atoms with Crippen molar-refractivity contribution in [3.8, 4) is 0 Å². The van der Waals surface area contributed by atoms with Crippen molar-refractivity contribution in [3.63, 3.8) is 0 Å². The number of carbonyl (C=O) groups excluding carboxylic acids is 1. The maximum atomic E-state index is 12.5. The number of carbonyl (C=O) groups is 2. The largest absolute Gasteiger partial charge is 0.476 e. The second-order valence-electron chi connectivity index (χ2n) is 5.61. The molecule has 124 valence electrons. The Balaban J connectivity index is 1.62. The zero-order valence-electron chi connectivity index (χ0n) is 13.1. The summed E-state index contributed by atoms with van der Waals surface area (Å²) < 4.78 is 0. The van der Waals surface area contributed by atoms with Crippen LogP contribution in [0.25, 0.3) is 0 Å². The number of aromatic carboxylic acids is 1. The van der Waals surface area contributed by atoms with E-state index in [4.69, 9.17) is 5.11 Å². The van der Waals surface area contributed by atoms with E-state index in [1.807, 2.05) is 18.2 Å². The lowest BCUT2D eigenvalue weighted by atomic mass is 10.2. The molecule has 1 aromatic heterocycles. The number of hydrogen-bond acceptors (Lipinski definition) is 5. The zero-order chi connectivity index (χ0) is 16.9. The lowest BCUT2D eigenvalue weighted by Gasteiger charge is -2.34. The molecular weight excluding hydrogens is 308 g/mol. The van der Waals surface area contributed by atoms with E-state index >= 15 is 0 Å². The summed E-state index contributed by atoms with van der Waals surface area (Å²) in [6.07, 6.45) is 2.61. The molecule has 2 heterocycles. The molecule has 2 aromatic rings. The van der Waals surface area contributed by atoms with Gasteiger partial charge in [0, 0.05) is 45.1 Å². The third-order valence-corrected chi connectivity index (χ3v) is 4.01. The van der Waals surface area contributed by atoms with Gasteiger partial charge in [0.15, 0.2) is 11.4 Å². The van der Waals surface area contributed by atoms with Crippen LogP contribution in [0.3, 0.4) is 0 Å². The van der Waals surface area contributed by atoms with Crippen molar-refractivity contribution >= 4 is 11.9 Å². The number of piperazine rings is 1. The summed E-state index contributed by atoms with van der Waals surface area (Å²) in [6, 6.07) is 10.2. The molecule has 7 nitrogen and oxygen atoms in total. The van der Waals surface area contributed by atoms with Crippen molar-refractivity contribution in [2.24, 2.45) is 0 Å². The number of hydrogen-bond donors (Lipinski definition) is 1. The van der Waals surface area contributed by atoms with Crippen molar-refractivity contribution in [2.45, 2.75) is 6.54 Å². The molecule has 1 N–H and O–H groups in total. The predicted molar refractivity (Wildman–Crippen MR) is 86.6 cm³/mol. The lowest BCUT2D eigenvalue weighted by molar-refractivity contribution is 0.0600. The summed E-state index contributed by atoms with van der Waals surface area (Å²) in [5, 5.41) is 9.14. The van der Waals surface area contributed by atoms with Crippen molar-refractivity contribution in [1.82, 2.24) is 19.8 Å². The van der Waals surface area contributed by atoms with Crippen LogP contribution in [0.5, 0.6) is 0 Å². The number of amides is 1. The summed E-state index contributed by atoms with van der Waals surface area (Å²) in [4.78, 5) is 35.3. The van der Waals surface area contributed by atoms with Crippen LogP contribution in [0, 0.1) is 0 Å². The van der Waals surface area contributed by atoms with Gasteiger partial charge >= 0.3 is 5.97 Å². The highest BCUT2D eigenvalue weighted by Gasteiger charge is 2.27. The van der Waals surface area contributed by atoms with Crippen LogP contribution >= 0.6 is 0 Å². The average molecular weight is 326 g/mol. The minimum Gasteiger partial charge on any atom is -0.476 e. The first-order valence-corrected chi connectivity index (χ1v) is 7.75. The molecule has 24 heavy (non-hydrogen) atoms. The van der Waals surface area contributed by atoms with E-state index in [0.29, 0.717) is 13.1 Å². The van der Waals surface area contributed by atoms with Crippen molar-refractivity contribution in [3.05, 3.63) is 59.7 Å². The van der Waals surface area contributed by atoms with E-state index in [2.05, 4.69) is 27.0 Å². The Hall–Kier alpha value is -2.80. The van der Waals surface area contributed by atoms with E-state index in [1.54, 1.807) is 4.90 Å². The Labute approximate surface area is 139 Å². The molecule has 1 fully saturated rings. The first-order valence-electron chi connectivity index (χ1n) is 7.75. The van der Waals surface area contributed by atoms with Gasteiger partial charge in [-0.25, -0.2) is 14.8 Å². The fourth-order valence-electron chi connectivity index (χ4n) is 2.75. The van der Waals surface area contributed by atoms with Crippen LogP contribution in [0.1, 0.15) is 26.5 Å². The maximum absolute atomic E-state index is 12.5. The summed E-state index contributed by atoms with van der Waals surface area (Å²) in [5.41, 5.74) is 0.843. The highest BCUT2D eigenvalue weighted by Crippen LogP contribution is 2.12. The number of aromatic nitrogens is 2. The monoisotopic (exact) mass is 326 g/mol. The second-order valence-corrected chi connectivity index (χ2v) is 5.61. The first-order chi connectivity index (χ1) is 11.6. The van der Waals surface area contributed by atoms with Gasteiger partial charge in [0.05, 0.1) is 0 Å². The Morgan fingerprint density at radius 3 is 2.21 bits per heavy atom. The Morgan fingerprint density at radius 2 is 1.58 bits per heavy atom. The molecule has 1 aromatic carbocycles. The molecule has 0 radical (unpaired) electrons. The van der Waals surface area contributed by atoms with Crippen LogP contribution < -0.4 is 0 Å². The fraction of sp³-hybridized carbons (Fsp3) is 0.294. The van der Waals surface area contributed by atoms with Crippen LogP contribution in [-0.4, -0.2) is 62.9 Å². The quantitative estimate of drug-likeness (QED) is 0.906. The third kappa shape index (κ3) is 3.57.